The van der Waals surface area contributed by atoms with Gasteiger partial charge < -0.3 is 20.1 Å². The number of urea groups is 1. The summed E-state index contributed by atoms with van der Waals surface area (Å²) in [5.74, 6) is 0. The lowest BCUT2D eigenvalue weighted by atomic mass is 10.1. The van der Waals surface area contributed by atoms with Crippen LogP contribution in [0.4, 0.5) is 4.79 Å². The Bertz CT molecular complexity index is 473. The van der Waals surface area contributed by atoms with E-state index in [-0.39, 0.29) is 25.2 Å². The van der Waals surface area contributed by atoms with Gasteiger partial charge in [0, 0.05) is 13.1 Å². The number of carbonyl (C=O) groups is 1. The van der Waals surface area contributed by atoms with Gasteiger partial charge >= 0.3 is 6.03 Å². The maximum Gasteiger partial charge on any atom is 0.317 e. The Morgan fingerprint density at radius 2 is 1.92 bits per heavy atom. The molecule has 0 bridgehead atoms. The van der Waals surface area contributed by atoms with E-state index < -0.39 is 6.10 Å². The number of likely N-dealkylation sites (N-methyl/N-ethyl adjacent to an activating group) is 1. The summed E-state index contributed by atoms with van der Waals surface area (Å²) in [6.07, 6.45) is 6.33. The maximum absolute atomic E-state index is 12.2. The predicted molar refractivity (Wildman–Crippen MR) is 94.8 cm³/mol. The summed E-state index contributed by atoms with van der Waals surface area (Å²) in [7, 11) is 1.71. The molecule has 2 N–H and O–H groups in total. The number of amides is 2. The second kappa shape index (κ2) is 10.3. The highest BCUT2D eigenvalue weighted by Gasteiger charge is 2.18. The first-order chi connectivity index (χ1) is 11.6. The van der Waals surface area contributed by atoms with E-state index in [4.69, 9.17) is 4.74 Å². The van der Waals surface area contributed by atoms with E-state index in [0.29, 0.717) is 6.61 Å². The van der Waals surface area contributed by atoms with Crippen molar-refractivity contribution in [2.45, 2.75) is 57.3 Å². The minimum atomic E-state index is -0.682. The Morgan fingerprint density at radius 1 is 1.25 bits per heavy atom. The molecule has 2 rings (SSSR count). The number of aliphatic hydroxyl groups excluding tert-OH is 1. The summed E-state index contributed by atoms with van der Waals surface area (Å²) in [5, 5.41) is 13.1. The second-order valence-corrected chi connectivity index (χ2v) is 6.67. The van der Waals surface area contributed by atoms with Crippen molar-refractivity contribution in [3.63, 3.8) is 0 Å². The molecular formula is C19H30N2O3. The van der Waals surface area contributed by atoms with Crippen molar-refractivity contribution in [3.8, 4) is 0 Å². The zero-order chi connectivity index (χ0) is 17.2. The Labute approximate surface area is 145 Å². The van der Waals surface area contributed by atoms with Crippen LogP contribution in [0.3, 0.4) is 0 Å². The molecule has 5 nitrogen and oxygen atoms in total. The molecule has 0 radical (unpaired) electrons. The number of nitrogens with zero attached hydrogens (tertiary/aromatic N) is 1. The molecule has 1 saturated carbocycles. The summed E-state index contributed by atoms with van der Waals surface area (Å²) >= 11 is 0. The fourth-order valence-corrected chi connectivity index (χ4v) is 3.05. The minimum absolute atomic E-state index is 0.107. The predicted octanol–water partition coefficient (Wildman–Crippen LogP) is 2.93. The molecule has 1 unspecified atom stereocenters. The van der Waals surface area contributed by atoms with Crippen LogP contribution in [0.15, 0.2) is 30.3 Å². The van der Waals surface area contributed by atoms with Gasteiger partial charge in [-0.25, -0.2) is 4.79 Å². The summed E-state index contributed by atoms with van der Waals surface area (Å²) < 4.78 is 5.52. The number of nitrogens with one attached hydrogen (secondary N) is 1. The van der Waals surface area contributed by atoms with Crippen LogP contribution in [0.2, 0.25) is 0 Å². The number of hydrogen-bond acceptors (Lipinski definition) is 3. The fourth-order valence-electron chi connectivity index (χ4n) is 3.05. The molecule has 5 heteroatoms. The molecule has 1 aliphatic carbocycles. The zero-order valence-electron chi connectivity index (χ0n) is 14.6. The van der Waals surface area contributed by atoms with Gasteiger partial charge in [0.05, 0.1) is 25.9 Å². The molecule has 134 valence electrons. The van der Waals surface area contributed by atoms with Gasteiger partial charge in [-0.15, -0.1) is 0 Å². The lowest BCUT2D eigenvalue weighted by Gasteiger charge is -2.24. The first kappa shape index (κ1) is 18.7. The third-order valence-electron chi connectivity index (χ3n) is 4.44. The van der Waals surface area contributed by atoms with Crippen LogP contribution in [-0.2, 0) is 11.3 Å². The van der Waals surface area contributed by atoms with Gasteiger partial charge in [-0.3, -0.25) is 0 Å². The molecule has 2 amide bonds. The van der Waals surface area contributed by atoms with E-state index in [0.717, 1.165) is 18.4 Å². The topological polar surface area (TPSA) is 61.8 Å². The lowest BCUT2D eigenvalue weighted by Crippen LogP contribution is -2.46. The van der Waals surface area contributed by atoms with Crippen molar-refractivity contribution < 1.29 is 14.6 Å². The molecular weight excluding hydrogens is 304 g/mol. The Kier molecular flexibility index (Phi) is 8.05. The van der Waals surface area contributed by atoms with Gasteiger partial charge in [-0.05, 0) is 18.4 Å². The first-order valence-corrected chi connectivity index (χ1v) is 8.96. The van der Waals surface area contributed by atoms with Gasteiger partial charge in [-0.1, -0.05) is 56.0 Å². The van der Waals surface area contributed by atoms with E-state index >= 15 is 0 Å². The number of rotatable bonds is 7. The van der Waals surface area contributed by atoms with Gasteiger partial charge in [0.25, 0.3) is 0 Å². The van der Waals surface area contributed by atoms with Crippen LogP contribution < -0.4 is 5.32 Å². The Morgan fingerprint density at radius 3 is 2.58 bits per heavy atom. The van der Waals surface area contributed by atoms with Gasteiger partial charge in [0.1, 0.15) is 0 Å². The number of ether oxygens (including phenoxy) is 1. The summed E-state index contributed by atoms with van der Waals surface area (Å²) in [5.41, 5.74) is 1.07. The molecule has 1 aliphatic rings. The van der Waals surface area contributed by atoms with Crippen molar-refractivity contribution >= 4 is 6.03 Å². The highest BCUT2D eigenvalue weighted by atomic mass is 16.5. The van der Waals surface area contributed by atoms with Crippen molar-refractivity contribution in [3.05, 3.63) is 35.9 Å². The SMILES string of the molecule is CN(CC(O)COCc1ccccc1)C(=O)NC1CCCCCC1. The van der Waals surface area contributed by atoms with Crippen molar-refractivity contribution in [2.75, 3.05) is 20.2 Å². The molecule has 0 aliphatic heterocycles. The average Bonchev–Trinajstić information content (AvgIpc) is 2.84. The fraction of sp³-hybridized carbons (Fsp3) is 0.632. The number of aliphatic hydroxyl groups is 1. The van der Waals surface area contributed by atoms with Crippen molar-refractivity contribution in [1.82, 2.24) is 10.2 Å². The first-order valence-electron chi connectivity index (χ1n) is 8.96. The Hall–Kier alpha value is -1.59. The molecule has 1 aromatic rings. The monoisotopic (exact) mass is 334 g/mol. The van der Waals surface area contributed by atoms with Gasteiger partial charge in [0.15, 0.2) is 0 Å². The smallest absolute Gasteiger partial charge is 0.317 e. The molecule has 1 fully saturated rings. The lowest BCUT2D eigenvalue weighted by molar-refractivity contribution is 0.0180. The molecule has 1 aromatic carbocycles. The molecule has 0 spiro atoms. The van der Waals surface area contributed by atoms with Crippen LogP contribution in [0.5, 0.6) is 0 Å². The number of benzene rings is 1. The molecule has 0 aromatic heterocycles. The minimum Gasteiger partial charge on any atom is -0.389 e. The standard InChI is InChI=1S/C19H30N2O3/c1-21(19(23)20-17-11-7-2-3-8-12-17)13-18(22)15-24-14-16-9-5-4-6-10-16/h4-6,9-10,17-18,22H,2-3,7-8,11-15H2,1H3,(H,20,23). The van der Waals surface area contributed by atoms with E-state index in [9.17, 15) is 9.90 Å². The normalized spacial score (nSPS) is 17.1. The van der Waals surface area contributed by atoms with E-state index in [1.807, 2.05) is 30.3 Å². The maximum atomic E-state index is 12.2. The molecule has 0 saturated heterocycles. The Balaban J connectivity index is 1.64. The largest absolute Gasteiger partial charge is 0.389 e. The van der Waals surface area contributed by atoms with Crippen LogP contribution in [0, 0.1) is 0 Å². The van der Waals surface area contributed by atoms with Crippen LogP contribution in [0.1, 0.15) is 44.1 Å². The molecule has 1 atom stereocenters. The number of carbonyl (C=O) groups excluding carboxylic acids is 1. The van der Waals surface area contributed by atoms with Crippen molar-refractivity contribution in [2.24, 2.45) is 0 Å². The average molecular weight is 334 g/mol. The summed E-state index contributed by atoms with van der Waals surface area (Å²) in [6, 6.07) is 10.0. The van der Waals surface area contributed by atoms with Gasteiger partial charge in [-0.2, -0.15) is 0 Å². The van der Waals surface area contributed by atoms with E-state index in [1.165, 1.54) is 25.7 Å². The van der Waals surface area contributed by atoms with Gasteiger partial charge in [0.2, 0.25) is 0 Å². The molecule has 24 heavy (non-hydrogen) atoms. The second-order valence-electron chi connectivity index (χ2n) is 6.67. The van der Waals surface area contributed by atoms with Crippen LogP contribution in [-0.4, -0.2) is 48.4 Å². The molecule has 0 heterocycles. The summed E-state index contributed by atoms with van der Waals surface area (Å²) in [4.78, 5) is 13.8. The van der Waals surface area contributed by atoms with E-state index in [2.05, 4.69) is 5.32 Å². The zero-order valence-corrected chi connectivity index (χ0v) is 14.6. The third-order valence-corrected chi connectivity index (χ3v) is 4.44. The summed E-state index contributed by atoms with van der Waals surface area (Å²) in [6.45, 7) is 0.958. The van der Waals surface area contributed by atoms with Crippen molar-refractivity contribution in [1.29, 1.82) is 0 Å². The quantitative estimate of drug-likeness (QED) is 0.754. The third kappa shape index (κ3) is 6.89. The highest BCUT2D eigenvalue weighted by Crippen LogP contribution is 2.17. The van der Waals surface area contributed by atoms with E-state index in [1.54, 1.807) is 11.9 Å². The van der Waals surface area contributed by atoms with Crippen LogP contribution >= 0.6 is 0 Å². The van der Waals surface area contributed by atoms with Crippen LogP contribution in [0.25, 0.3) is 0 Å². The highest BCUT2D eigenvalue weighted by molar-refractivity contribution is 5.74. The number of hydrogen-bond donors (Lipinski definition) is 2.